The summed E-state index contributed by atoms with van der Waals surface area (Å²) in [6, 6.07) is 4.95. The van der Waals surface area contributed by atoms with E-state index in [-0.39, 0.29) is 29.8 Å². The van der Waals surface area contributed by atoms with Gasteiger partial charge in [-0.2, -0.15) is 0 Å². The summed E-state index contributed by atoms with van der Waals surface area (Å²) in [5, 5.41) is 5.71. The van der Waals surface area contributed by atoms with Crippen LogP contribution in [0.4, 0.5) is 4.79 Å². The lowest BCUT2D eigenvalue weighted by Gasteiger charge is -2.38. The molecular formula is C28H43N3O4. The fraction of sp³-hybridized carbons (Fsp3) is 0.607. The van der Waals surface area contributed by atoms with Crippen molar-refractivity contribution in [3.05, 3.63) is 35.4 Å². The van der Waals surface area contributed by atoms with Crippen molar-refractivity contribution in [1.82, 2.24) is 15.5 Å². The van der Waals surface area contributed by atoms with Gasteiger partial charge in [-0.1, -0.05) is 38.8 Å². The molecule has 0 radical (unpaired) electrons. The summed E-state index contributed by atoms with van der Waals surface area (Å²) in [6.07, 6.45) is 5.87. The Morgan fingerprint density at radius 3 is 2.03 bits per heavy atom. The number of hydrogen-bond acceptors (Lipinski definition) is 4. The summed E-state index contributed by atoms with van der Waals surface area (Å²) in [5.74, 6) is 2.08. The standard InChI is InChI=1S/C28H43N3O4/c1-11-20(7)31(26(33)23(17-18(3)4)30-27(34)35-28(8,9)10)24(25(32)29-19(5)6)22-15-13-21(12-2)14-16-22/h2,13-16,18-20,23-24H,11,17H2,1,3-10H3,(H,29,32)(H,30,34). The Morgan fingerprint density at radius 2 is 1.60 bits per heavy atom. The molecular weight excluding hydrogens is 442 g/mol. The van der Waals surface area contributed by atoms with Crippen molar-refractivity contribution >= 4 is 17.9 Å². The van der Waals surface area contributed by atoms with Crippen LogP contribution in [-0.4, -0.2) is 46.5 Å². The average Bonchev–Trinajstić information content (AvgIpc) is 2.73. The molecule has 0 bridgehead atoms. The molecule has 194 valence electrons. The quantitative estimate of drug-likeness (QED) is 0.466. The summed E-state index contributed by atoms with van der Waals surface area (Å²) in [4.78, 5) is 41.7. The summed E-state index contributed by atoms with van der Waals surface area (Å²) in [6.45, 7) is 16.9. The van der Waals surface area contributed by atoms with Crippen LogP contribution in [0.25, 0.3) is 0 Å². The molecule has 0 aliphatic heterocycles. The molecule has 3 unspecified atom stereocenters. The van der Waals surface area contributed by atoms with E-state index in [4.69, 9.17) is 11.2 Å². The van der Waals surface area contributed by atoms with E-state index in [2.05, 4.69) is 16.6 Å². The second-order valence-corrected chi connectivity index (χ2v) is 10.7. The van der Waals surface area contributed by atoms with Crippen molar-refractivity contribution in [3.63, 3.8) is 0 Å². The lowest BCUT2D eigenvalue weighted by Crippen LogP contribution is -2.56. The lowest BCUT2D eigenvalue weighted by molar-refractivity contribution is -0.145. The van der Waals surface area contributed by atoms with Gasteiger partial charge < -0.3 is 20.3 Å². The Kier molecular flexibility index (Phi) is 11.3. The highest BCUT2D eigenvalue weighted by molar-refractivity contribution is 5.92. The summed E-state index contributed by atoms with van der Waals surface area (Å²) < 4.78 is 5.42. The third-order valence-electron chi connectivity index (χ3n) is 5.37. The first-order valence-electron chi connectivity index (χ1n) is 12.4. The number of carbonyl (C=O) groups is 3. The van der Waals surface area contributed by atoms with Crippen LogP contribution in [0.15, 0.2) is 24.3 Å². The van der Waals surface area contributed by atoms with E-state index in [9.17, 15) is 14.4 Å². The first-order chi connectivity index (χ1) is 16.2. The Hall–Kier alpha value is -3.01. The minimum Gasteiger partial charge on any atom is -0.444 e. The first kappa shape index (κ1) is 30.0. The zero-order valence-corrected chi connectivity index (χ0v) is 22.8. The Bertz CT molecular complexity index is 894. The monoisotopic (exact) mass is 485 g/mol. The summed E-state index contributed by atoms with van der Waals surface area (Å²) in [5.41, 5.74) is 0.628. The molecule has 0 spiro atoms. The molecule has 35 heavy (non-hydrogen) atoms. The van der Waals surface area contributed by atoms with Gasteiger partial charge in [0.25, 0.3) is 0 Å². The highest BCUT2D eigenvalue weighted by atomic mass is 16.6. The van der Waals surface area contributed by atoms with E-state index in [0.717, 1.165) is 0 Å². The third kappa shape index (κ3) is 9.64. The summed E-state index contributed by atoms with van der Waals surface area (Å²) in [7, 11) is 0. The van der Waals surface area contributed by atoms with Crippen LogP contribution in [0.1, 0.15) is 92.3 Å². The van der Waals surface area contributed by atoms with Gasteiger partial charge in [-0.3, -0.25) is 9.59 Å². The van der Waals surface area contributed by atoms with E-state index in [1.165, 1.54) is 0 Å². The fourth-order valence-corrected chi connectivity index (χ4v) is 3.68. The number of terminal acetylenes is 1. The van der Waals surface area contributed by atoms with E-state index >= 15 is 0 Å². The van der Waals surface area contributed by atoms with Crippen molar-refractivity contribution in [2.75, 3.05) is 0 Å². The Labute approximate surface area is 211 Å². The smallest absolute Gasteiger partial charge is 0.408 e. The van der Waals surface area contributed by atoms with Gasteiger partial charge in [0, 0.05) is 17.6 Å². The Balaban J connectivity index is 3.53. The maximum absolute atomic E-state index is 14.1. The molecule has 1 rings (SSSR count). The molecule has 0 fully saturated rings. The van der Waals surface area contributed by atoms with Gasteiger partial charge in [0.05, 0.1) is 0 Å². The second kappa shape index (κ2) is 13.2. The molecule has 3 atom stereocenters. The summed E-state index contributed by atoms with van der Waals surface area (Å²) >= 11 is 0. The largest absolute Gasteiger partial charge is 0.444 e. The molecule has 0 heterocycles. The van der Waals surface area contributed by atoms with Crippen molar-refractivity contribution < 1.29 is 19.1 Å². The molecule has 0 saturated carbocycles. The number of nitrogens with zero attached hydrogens (tertiary/aromatic N) is 1. The second-order valence-electron chi connectivity index (χ2n) is 10.7. The zero-order chi connectivity index (χ0) is 26.9. The number of carbonyl (C=O) groups excluding carboxylic acids is 3. The number of alkyl carbamates (subject to hydrolysis) is 1. The average molecular weight is 486 g/mol. The molecule has 1 aromatic rings. The predicted octanol–water partition coefficient (Wildman–Crippen LogP) is 4.80. The van der Waals surface area contributed by atoms with E-state index in [1.54, 1.807) is 49.9 Å². The van der Waals surface area contributed by atoms with Crippen LogP contribution < -0.4 is 10.6 Å². The SMILES string of the molecule is C#Cc1ccc(C(C(=O)NC(C)C)N(C(=O)C(CC(C)C)NC(=O)OC(C)(C)C)C(C)CC)cc1. The highest BCUT2D eigenvalue weighted by Crippen LogP contribution is 2.27. The van der Waals surface area contributed by atoms with Gasteiger partial charge in [-0.05, 0) is 78.0 Å². The van der Waals surface area contributed by atoms with Crippen molar-refractivity contribution in [1.29, 1.82) is 0 Å². The number of rotatable bonds is 10. The van der Waals surface area contributed by atoms with Gasteiger partial charge in [0.1, 0.15) is 17.7 Å². The number of benzene rings is 1. The van der Waals surface area contributed by atoms with Gasteiger partial charge >= 0.3 is 6.09 Å². The predicted molar refractivity (Wildman–Crippen MR) is 140 cm³/mol. The normalized spacial score (nSPS) is 14.0. The van der Waals surface area contributed by atoms with Gasteiger partial charge in [-0.25, -0.2) is 4.79 Å². The van der Waals surface area contributed by atoms with Crippen LogP contribution in [0.5, 0.6) is 0 Å². The van der Waals surface area contributed by atoms with Crippen LogP contribution in [0.2, 0.25) is 0 Å². The van der Waals surface area contributed by atoms with Crippen molar-refractivity contribution in [2.45, 2.75) is 105 Å². The lowest BCUT2D eigenvalue weighted by atomic mass is 9.96. The molecule has 1 aromatic carbocycles. The van der Waals surface area contributed by atoms with Crippen LogP contribution in [-0.2, 0) is 14.3 Å². The van der Waals surface area contributed by atoms with Crippen LogP contribution >= 0.6 is 0 Å². The van der Waals surface area contributed by atoms with Crippen LogP contribution in [0, 0.1) is 18.3 Å². The Morgan fingerprint density at radius 1 is 1.03 bits per heavy atom. The molecule has 7 heteroatoms. The van der Waals surface area contributed by atoms with E-state index in [1.807, 2.05) is 41.5 Å². The topological polar surface area (TPSA) is 87.7 Å². The molecule has 0 aliphatic rings. The maximum Gasteiger partial charge on any atom is 0.408 e. The third-order valence-corrected chi connectivity index (χ3v) is 5.37. The zero-order valence-electron chi connectivity index (χ0n) is 22.8. The molecule has 3 amide bonds. The van der Waals surface area contributed by atoms with E-state index in [0.29, 0.717) is 24.0 Å². The van der Waals surface area contributed by atoms with Crippen molar-refractivity contribution in [3.8, 4) is 12.3 Å². The molecule has 7 nitrogen and oxygen atoms in total. The maximum atomic E-state index is 14.1. The highest BCUT2D eigenvalue weighted by Gasteiger charge is 2.38. The van der Waals surface area contributed by atoms with Gasteiger partial charge in [-0.15, -0.1) is 6.42 Å². The molecule has 0 aliphatic carbocycles. The molecule has 0 saturated heterocycles. The van der Waals surface area contributed by atoms with E-state index < -0.39 is 23.8 Å². The number of nitrogens with one attached hydrogen (secondary N) is 2. The fourth-order valence-electron chi connectivity index (χ4n) is 3.68. The minimum absolute atomic E-state index is 0.116. The van der Waals surface area contributed by atoms with Crippen molar-refractivity contribution in [2.24, 2.45) is 5.92 Å². The molecule has 2 N–H and O–H groups in total. The first-order valence-corrected chi connectivity index (χ1v) is 12.4. The number of ether oxygens (including phenoxy) is 1. The van der Waals surface area contributed by atoms with Crippen LogP contribution in [0.3, 0.4) is 0 Å². The minimum atomic E-state index is -0.887. The number of hydrogen-bond donors (Lipinski definition) is 2. The molecule has 0 aromatic heterocycles. The number of amides is 3. The van der Waals surface area contributed by atoms with Gasteiger partial charge in [0.2, 0.25) is 11.8 Å². The van der Waals surface area contributed by atoms with Gasteiger partial charge in [0.15, 0.2) is 0 Å².